The summed E-state index contributed by atoms with van der Waals surface area (Å²) in [5, 5.41) is 29.3. The minimum Gasteiger partial charge on any atom is -0.393 e. The van der Waals surface area contributed by atoms with Crippen LogP contribution in [0.15, 0.2) is 24.3 Å². The number of anilines is 1. The van der Waals surface area contributed by atoms with E-state index in [-0.39, 0.29) is 6.10 Å². The van der Waals surface area contributed by atoms with Gasteiger partial charge in [0.25, 0.3) is 0 Å². The van der Waals surface area contributed by atoms with E-state index in [2.05, 4.69) is 20.8 Å². The van der Waals surface area contributed by atoms with Crippen molar-refractivity contribution in [1.82, 2.24) is 0 Å². The number of nitrogens with zero attached hydrogens (tertiary/aromatic N) is 1. The number of hydrogen-bond acceptors (Lipinski definition) is 4. The fourth-order valence-corrected chi connectivity index (χ4v) is 2.67. The average molecular weight is 330 g/mol. The molecular weight excluding hydrogens is 310 g/mol. The lowest BCUT2D eigenvalue weighted by molar-refractivity contribution is 0.0343. The Kier molecular flexibility index (Phi) is 5.21. The number of halogens is 1. The maximum Gasteiger partial charge on any atom is 0.106 e. The van der Waals surface area contributed by atoms with Gasteiger partial charge in [-0.25, -0.2) is 0 Å². The zero-order valence-electron chi connectivity index (χ0n) is 10.7. The molecule has 2 rings (SSSR count). The van der Waals surface area contributed by atoms with Gasteiger partial charge in [0.1, 0.15) is 6.10 Å². The summed E-state index contributed by atoms with van der Waals surface area (Å²) in [5.74, 6) is 0. The van der Waals surface area contributed by atoms with Crippen molar-refractivity contribution in [2.24, 2.45) is 0 Å². The highest BCUT2D eigenvalue weighted by Gasteiger charge is 2.19. The second-order valence-corrected chi connectivity index (χ2v) is 5.62. The van der Waals surface area contributed by atoms with Crippen LogP contribution in [-0.2, 0) is 0 Å². The number of aliphatic hydroxyl groups excluding tert-OH is 3. The maximum atomic E-state index is 9.90. The molecule has 1 saturated heterocycles. The first-order chi connectivity index (χ1) is 9.11. The summed E-state index contributed by atoms with van der Waals surface area (Å²) in [6.07, 6.45) is -0.238. The standard InChI is InChI=1S/C14H20BrNO3/c15-9-13(18)14(19)10-1-3-11(4-2-10)16-7-5-12(17)6-8-16/h1-4,12-14,17-19H,5-9H2. The molecule has 0 saturated carbocycles. The van der Waals surface area contributed by atoms with Crippen molar-refractivity contribution in [3.8, 4) is 0 Å². The Morgan fingerprint density at radius 3 is 2.26 bits per heavy atom. The van der Waals surface area contributed by atoms with Gasteiger partial charge < -0.3 is 20.2 Å². The van der Waals surface area contributed by atoms with Crippen LogP contribution in [0.25, 0.3) is 0 Å². The van der Waals surface area contributed by atoms with Crippen LogP contribution in [-0.4, -0.2) is 45.9 Å². The number of rotatable bonds is 4. The van der Waals surface area contributed by atoms with Crippen molar-refractivity contribution < 1.29 is 15.3 Å². The third-order valence-electron chi connectivity index (χ3n) is 3.59. The highest BCUT2D eigenvalue weighted by molar-refractivity contribution is 9.09. The molecule has 0 bridgehead atoms. The van der Waals surface area contributed by atoms with E-state index in [9.17, 15) is 15.3 Å². The molecule has 2 unspecified atom stereocenters. The van der Waals surface area contributed by atoms with E-state index in [4.69, 9.17) is 0 Å². The van der Waals surface area contributed by atoms with E-state index >= 15 is 0 Å². The summed E-state index contributed by atoms with van der Waals surface area (Å²) in [7, 11) is 0. The monoisotopic (exact) mass is 329 g/mol. The van der Waals surface area contributed by atoms with Crippen LogP contribution in [0.5, 0.6) is 0 Å². The van der Waals surface area contributed by atoms with Gasteiger partial charge >= 0.3 is 0 Å². The lowest BCUT2D eigenvalue weighted by atomic mass is 10.0. The number of alkyl halides is 1. The molecule has 0 aromatic heterocycles. The van der Waals surface area contributed by atoms with E-state index in [1.54, 1.807) is 0 Å². The van der Waals surface area contributed by atoms with Gasteiger partial charge in [0.2, 0.25) is 0 Å². The molecule has 1 aliphatic rings. The summed E-state index contributed by atoms with van der Waals surface area (Å²) in [4.78, 5) is 2.23. The van der Waals surface area contributed by atoms with Crippen LogP contribution in [0.1, 0.15) is 24.5 Å². The zero-order chi connectivity index (χ0) is 13.8. The molecule has 1 aromatic rings. The fraction of sp³-hybridized carbons (Fsp3) is 0.571. The van der Waals surface area contributed by atoms with Gasteiger partial charge in [-0.15, -0.1) is 0 Å². The zero-order valence-corrected chi connectivity index (χ0v) is 12.3. The minimum atomic E-state index is -0.864. The summed E-state index contributed by atoms with van der Waals surface area (Å²) in [6, 6.07) is 7.60. The lowest BCUT2D eigenvalue weighted by Gasteiger charge is -2.31. The van der Waals surface area contributed by atoms with E-state index in [0.29, 0.717) is 10.9 Å². The molecule has 1 aliphatic heterocycles. The quantitative estimate of drug-likeness (QED) is 0.731. The molecular formula is C14H20BrNO3. The molecule has 3 N–H and O–H groups in total. The first-order valence-electron chi connectivity index (χ1n) is 6.57. The minimum absolute atomic E-state index is 0.175. The van der Waals surface area contributed by atoms with Gasteiger partial charge in [-0.2, -0.15) is 0 Å². The molecule has 2 atom stereocenters. The molecule has 0 aliphatic carbocycles. The summed E-state index contributed by atoms with van der Waals surface area (Å²) < 4.78 is 0. The number of hydrogen-bond donors (Lipinski definition) is 3. The molecule has 1 aromatic carbocycles. The van der Waals surface area contributed by atoms with Crippen LogP contribution in [0.3, 0.4) is 0 Å². The Balaban J connectivity index is 2.02. The van der Waals surface area contributed by atoms with Crippen LogP contribution in [0, 0.1) is 0 Å². The third-order valence-corrected chi connectivity index (χ3v) is 4.25. The molecule has 0 radical (unpaired) electrons. The van der Waals surface area contributed by atoms with Crippen molar-refractivity contribution in [3.05, 3.63) is 29.8 Å². The second-order valence-electron chi connectivity index (χ2n) is 4.98. The fourth-order valence-electron chi connectivity index (χ4n) is 2.31. The molecule has 106 valence electrons. The van der Waals surface area contributed by atoms with Gasteiger partial charge in [0.15, 0.2) is 0 Å². The largest absolute Gasteiger partial charge is 0.393 e. The van der Waals surface area contributed by atoms with Crippen molar-refractivity contribution in [3.63, 3.8) is 0 Å². The number of piperidine rings is 1. The number of aliphatic hydroxyl groups is 3. The van der Waals surface area contributed by atoms with Gasteiger partial charge in [-0.05, 0) is 30.5 Å². The molecule has 5 heteroatoms. The summed E-state index contributed by atoms with van der Waals surface area (Å²) >= 11 is 3.15. The smallest absolute Gasteiger partial charge is 0.106 e. The second kappa shape index (κ2) is 6.70. The highest BCUT2D eigenvalue weighted by Crippen LogP contribution is 2.24. The SMILES string of the molecule is OC1CCN(c2ccc(C(O)C(O)CBr)cc2)CC1. The van der Waals surface area contributed by atoms with Crippen LogP contribution < -0.4 is 4.90 Å². The third kappa shape index (κ3) is 3.69. The lowest BCUT2D eigenvalue weighted by Crippen LogP contribution is -2.35. The predicted octanol–water partition coefficient (Wildman–Crippen LogP) is 1.44. The number of benzene rings is 1. The topological polar surface area (TPSA) is 63.9 Å². The van der Waals surface area contributed by atoms with E-state index in [1.807, 2.05) is 24.3 Å². The van der Waals surface area contributed by atoms with E-state index in [0.717, 1.165) is 31.6 Å². The van der Waals surface area contributed by atoms with Crippen LogP contribution >= 0.6 is 15.9 Å². The Hall–Kier alpha value is -0.620. The summed E-state index contributed by atoms with van der Waals surface area (Å²) in [6.45, 7) is 1.71. The van der Waals surface area contributed by atoms with E-state index < -0.39 is 12.2 Å². The van der Waals surface area contributed by atoms with Gasteiger partial charge in [0, 0.05) is 24.1 Å². The first-order valence-corrected chi connectivity index (χ1v) is 7.69. The van der Waals surface area contributed by atoms with Gasteiger partial charge in [0.05, 0.1) is 12.2 Å². The van der Waals surface area contributed by atoms with Crippen molar-refractivity contribution in [1.29, 1.82) is 0 Å². The Labute approximate surface area is 121 Å². The Bertz CT molecular complexity index is 390. The molecule has 0 spiro atoms. The normalized spacial score (nSPS) is 20.3. The molecule has 1 fully saturated rings. The molecule has 4 nitrogen and oxygen atoms in total. The van der Waals surface area contributed by atoms with Crippen molar-refractivity contribution in [2.75, 3.05) is 23.3 Å². The van der Waals surface area contributed by atoms with Gasteiger partial charge in [-0.1, -0.05) is 28.1 Å². The molecule has 1 heterocycles. The van der Waals surface area contributed by atoms with Crippen LogP contribution in [0.4, 0.5) is 5.69 Å². The Morgan fingerprint density at radius 2 is 1.74 bits per heavy atom. The maximum absolute atomic E-state index is 9.90. The highest BCUT2D eigenvalue weighted by atomic mass is 79.9. The molecule has 19 heavy (non-hydrogen) atoms. The summed E-state index contributed by atoms with van der Waals surface area (Å²) in [5.41, 5.74) is 1.81. The Morgan fingerprint density at radius 1 is 1.16 bits per heavy atom. The van der Waals surface area contributed by atoms with Crippen LogP contribution in [0.2, 0.25) is 0 Å². The molecule has 0 amide bonds. The first kappa shape index (κ1) is 14.8. The van der Waals surface area contributed by atoms with Crippen molar-refractivity contribution >= 4 is 21.6 Å². The average Bonchev–Trinajstić information content (AvgIpc) is 2.46. The van der Waals surface area contributed by atoms with E-state index in [1.165, 1.54) is 0 Å². The predicted molar refractivity (Wildman–Crippen MR) is 78.7 cm³/mol. The van der Waals surface area contributed by atoms with Crippen molar-refractivity contribution in [2.45, 2.75) is 31.2 Å². The van der Waals surface area contributed by atoms with Gasteiger partial charge in [-0.3, -0.25) is 0 Å².